The summed E-state index contributed by atoms with van der Waals surface area (Å²) < 4.78 is 4.76. The molecule has 94 valence electrons. The zero-order valence-corrected chi connectivity index (χ0v) is 11.5. The second-order valence-corrected chi connectivity index (χ2v) is 6.20. The summed E-state index contributed by atoms with van der Waals surface area (Å²) in [7, 11) is 1.44. The number of thiophene rings is 1. The maximum atomic E-state index is 11.4. The first kappa shape index (κ1) is 12.9. The van der Waals surface area contributed by atoms with Crippen molar-refractivity contribution in [2.75, 3.05) is 18.6 Å². The zero-order valence-electron chi connectivity index (χ0n) is 9.85. The molecule has 1 aliphatic rings. The maximum absolute atomic E-state index is 11.4. The first-order valence-corrected chi connectivity index (χ1v) is 7.77. The van der Waals surface area contributed by atoms with Gasteiger partial charge in [0.05, 0.1) is 19.6 Å². The van der Waals surface area contributed by atoms with E-state index in [9.17, 15) is 4.79 Å². The van der Waals surface area contributed by atoms with Gasteiger partial charge in [0.15, 0.2) is 0 Å². The Hall–Kier alpha value is -0.520. The molecule has 2 rings (SSSR count). The lowest BCUT2D eigenvalue weighted by atomic mass is 10.1. The highest BCUT2D eigenvalue weighted by Crippen LogP contribution is 2.26. The fraction of sp³-hybridized carbons (Fsp3) is 0.583. The number of hydrogen-bond acceptors (Lipinski definition) is 5. The molecule has 2 atom stereocenters. The van der Waals surface area contributed by atoms with Gasteiger partial charge in [-0.3, -0.25) is 4.79 Å². The average molecular weight is 271 g/mol. The molecule has 2 heterocycles. The number of carbonyl (C=O) groups is 1. The number of carbonyl (C=O) groups excluding carboxylic acids is 1. The molecule has 0 aliphatic carbocycles. The van der Waals surface area contributed by atoms with Gasteiger partial charge in [0, 0.05) is 16.7 Å². The molecule has 0 amide bonds. The van der Waals surface area contributed by atoms with Crippen LogP contribution >= 0.6 is 23.1 Å². The molecule has 2 unspecified atom stereocenters. The fourth-order valence-corrected chi connectivity index (χ4v) is 3.88. The summed E-state index contributed by atoms with van der Waals surface area (Å²) in [6, 6.07) is 4.73. The van der Waals surface area contributed by atoms with Crippen molar-refractivity contribution in [3.63, 3.8) is 0 Å². The Labute approximate surface area is 110 Å². The Morgan fingerprint density at radius 1 is 1.71 bits per heavy atom. The van der Waals surface area contributed by atoms with E-state index in [1.807, 2.05) is 23.2 Å². The summed E-state index contributed by atoms with van der Waals surface area (Å²) in [4.78, 5) is 12.6. The van der Waals surface area contributed by atoms with Gasteiger partial charge in [0.2, 0.25) is 0 Å². The van der Waals surface area contributed by atoms with Crippen LogP contribution in [-0.4, -0.2) is 30.6 Å². The van der Waals surface area contributed by atoms with Crippen LogP contribution < -0.4 is 5.32 Å². The van der Waals surface area contributed by atoms with Crippen molar-refractivity contribution >= 4 is 29.1 Å². The number of ether oxygens (including phenoxy) is 1. The molecular weight excluding hydrogens is 254 g/mol. The van der Waals surface area contributed by atoms with E-state index < -0.39 is 0 Å². The van der Waals surface area contributed by atoms with E-state index >= 15 is 0 Å². The largest absolute Gasteiger partial charge is 0.469 e. The van der Waals surface area contributed by atoms with Crippen molar-refractivity contribution in [3.8, 4) is 0 Å². The first-order chi connectivity index (χ1) is 8.29. The van der Waals surface area contributed by atoms with Gasteiger partial charge < -0.3 is 10.1 Å². The van der Waals surface area contributed by atoms with Crippen LogP contribution in [0.25, 0.3) is 0 Å². The molecular formula is C12H17NO2S2. The van der Waals surface area contributed by atoms with Gasteiger partial charge in [-0.15, -0.1) is 11.3 Å². The number of nitrogens with one attached hydrogen (secondary N) is 1. The third-order valence-electron chi connectivity index (χ3n) is 2.85. The fourth-order valence-electron chi connectivity index (χ4n) is 1.93. The van der Waals surface area contributed by atoms with Gasteiger partial charge >= 0.3 is 5.97 Å². The predicted molar refractivity (Wildman–Crippen MR) is 72.6 cm³/mol. The highest BCUT2D eigenvalue weighted by molar-refractivity contribution is 7.99. The Morgan fingerprint density at radius 3 is 3.18 bits per heavy atom. The van der Waals surface area contributed by atoms with Crippen LogP contribution in [0.2, 0.25) is 0 Å². The van der Waals surface area contributed by atoms with Crippen LogP contribution in [0.5, 0.6) is 0 Å². The average Bonchev–Trinajstić information content (AvgIpc) is 3.00. The van der Waals surface area contributed by atoms with Crippen molar-refractivity contribution in [2.45, 2.75) is 24.9 Å². The van der Waals surface area contributed by atoms with E-state index in [1.165, 1.54) is 24.2 Å². The number of esters is 1. The minimum atomic E-state index is -0.151. The molecule has 0 saturated carbocycles. The van der Waals surface area contributed by atoms with Crippen LogP contribution in [0.1, 0.15) is 23.8 Å². The summed E-state index contributed by atoms with van der Waals surface area (Å²) in [6.45, 7) is 0. The molecule has 0 radical (unpaired) electrons. The zero-order chi connectivity index (χ0) is 12.1. The van der Waals surface area contributed by atoms with E-state index in [0.29, 0.717) is 12.5 Å². The standard InChI is InChI=1S/C12H17NO2S2/c1-15-12(14)7-10(11-3-2-5-17-11)13-9-4-6-16-8-9/h2-3,5,9-10,13H,4,6-8H2,1H3. The lowest BCUT2D eigenvalue weighted by molar-refractivity contribution is -0.141. The van der Waals surface area contributed by atoms with Gasteiger partial charge in [-0.25, -0.2) is 0 Å². The summed E-state index contributed by atoms with van der Waals surface area (Å²) in [5.41, 5.74) is 0. The number of hydrogen-bond donors (Lipinski definition) is 1. The number of rotatable bonds is 5. The maximum Gasteiger partial charge on any atom is 0.307 e. The predicted octanol–water partition coefficient (Wildman–Crippen LogP) is 2.45. The molecule has 1 aromatic heterocycles. The third-order valence-corrected chi connectivity index (χ3v) is 5.00. The van der Waals surface area contributed by atoms with Gasteiger partial charge in [-0.1, -0.05) is 6.07 Å². The molecule has 1 aliphatic heterocycles. The monoisotopic (exact) mass is 271 g/mol. The lowest BCUT2D eigenvalue weighted by Crippen LogP contribution is -2.33. The van der Waals surface area contributed by atoms with Crippen LogP contribution in [0.4, 0.5) is 0 Å². The smallest absolute Gasteiger partial charge is 0.307 e. The lowest BCUT2D eigenvalue weighted by Gasteiger charge is -2.20. The summed E-state index contributed by atoms with van der Waals surface area (Å²) in [5.74, 6) is 2.21. The topological polar surface area (TPSA) is 38.3 Å². The molecule has 1 N–H and O–H groups in total. The van der Waals surface area contributed by atoms with Crippen molar-refractivity contribution in [2.24, 2.45) is 0 Å². The molecule has 3 nitrogen and oxygen atoms in total. The molecule has 0 bridgehead atoms. The van der Waals surface area contributed by atoms with Gasteiger partial charge in [-0.05, 0) is 23.6 Å². The first-order valence-electron chi connectivity index (χ1n) is 5.73. The van der Waals surface area contributed by atoms with E-state index in [0.717, 1.165) is 5.75 Å². The number of thioether (sulfide) groups is 1. The van der Waals surface area contributed by atoms with E-state index in [2.05, 4.69) is 11.4 Å². The highest BCUT2D eigenvalue weighted by atomic mass is 32.2. The molecule has 5 heteroatoms. The van der Waals surface area contributed by atoms with Crippen LogP contribution in [-0.2, 0) is 9.53 Å². The number of methoxy groups -OCH3 is 1. The second-order valence-electron chi connectivity index (χ2n) is 4.08. The van der Waals surface area contributed by atoms with E-state index in [4.69, 9.17) is 4.74 Å². The minimum absolute atomic E-state index is 0.103. The SMILES string of the molecule is COC(=O)CC(NC1CCSC1)c1cccs1. The Morgan fingerprint density at radius 2 is 2.59 bits per heavy atom. The summed E-state index contributed by atoms with van der Waals surface area (Å²) >= 11 is 3.66. The second kappa shape index (κ2) is 6.42. The molecule has 0 spiro atoms. The Balaban J connectivity index is 1.98. The van der Waals surface area contributed by atoms with Gasteiger partial charge in [0.25, 0.3) is 0 Å². The van der Waals surface area contributed by atoms with E-state index in [-0.39, 0.29) is 12.0 Å². The molecule has 17 heavy (non-hydrogen) atoms. The molecule has 1 aromatic rings. The molecule has 1 saturated heterocycles. The highest BCUT2D eigenvalue weighted by Gasteiger charge is 2.23. The molecule has 0 aromatic carbocycles. The Bertz CT molecular complexity index is 347. The third kappa shape index (κ3) is 3.72. The van der Waals surface area contributed by atoms with Crippen molar-refractivity contribution in [3.05, 3.63) is 22.4 Å². The summed E-state index contributed by atoms with van der Waals surface area (Å²) in [5, 5.41) is 5.62. The van der Waals surface area contributed by atoms with Gasteiger partial charge in [-0.2, -0.15) is 11.8 Å². The van der Waals surface area contributed by atoms with E-state index in [1.54, 1.807) is 11.3 Å². The van der Waals surface area contributed by atoms with Crippen LogP contribution in [0, 0.1) is 0 Å². The van der Waals surface area contributed by atoms with Crippen LogP contribution in [0.3, 0.4) is 0 Å². The normalized spacial score (nSPS) is 21.4. The van der Waals surface area contributed by atoms with Crippen LogP contribution in [0.15, 0.2) is 17.5 Å². The summed E-state index contributed by atoms with van der Waals surface area (Å²) in [6.07, 6.45) is 1.60. The molecule has 1 fully saturated rings. The minimum Gasteiger partial charge on any atom is -0.469 e. The van der Waals surface area contributed by atoms with Crippen molar-refractivity contribution in [1.82, 2.24) is 5.32 Å². The van der Waals surface area contributed by atoms with Gasteiger partial charge in [0.1, 0.15) is 0 Å². The van der Waals surface area contributed by atoms with Crippen molar-refractivity contribution in [1.29, 1.82) is 0 Å². The quantitative estimate of drug-likeness (QED) is 0.835. The Kier molecular flexibility index (Phi) is 4.88. The van der Waals surface area contributed by atoms with Crippen molar-refractivity contribution < 1.29 is 9.53 Å².